The lowest BCUT2D eigenvalue weighted by molar-refractivity contribution is -0.192. The molecule has 3 rings (SSSR count). The van der Waals surface area contributed by atoms with Gasteiger partial charge in [0.2, 0.25) is 0 Å². The standard InChI is InChI=1S/C12H9NO.C2HF3O2/c14-9-4-5-12-11(6-9)10-3-1-2-8(10)7-13-12;3-2(4,5)1(6)7/h1-7,13-14H;(H,6,7). The summed E-state index contributed by atoms with van der Waals surface area (Å²) in [5, 5.41) is 17.6. The van der Waals surface area contributed by atoms with Crippen LogP contribution in [-0.2, 0) is 4.79 Å². The Bertz CT molecular complexity index is 749. The number of carboxylic acid groups (broad SMARTS) is 1. The number of hydrogen-bond donors (Lipinski definition) is 3. The minimum absolute atomic E-state index is 0.305. The molecule has 7 heteroatoms. The molecule has 1 aromatic carbocycles. The van der Waals surface area contributed by atoms with Crippen molar-refractivity contribution in [1.29, 1.82) is 0 Å². The summed E-state index contributed by atoms with van der Waals surface area (Å²) in [6, 6.07) is 11.5. The quantitative estimate of drug-likeness (QED) is 0.593. The Morgan fingerprint density at radius 1 is 1.14 bits per heavy atom. The minimum Gasteiger partial charge on any atom is -0.508 e. The van der Waals surface area contributed by atoms with Gasteiger partial charge in [0.1, 0.15) is 5.75 Å². The molecule has 0 bridgehead atoms. The highest BCUT2D eigenvalue weighted by Gasteiger charge is 2.38. The first-order valence-electron chi connectivity index (χ1n) is 5.78. The monoisotopic (exact) mass is 297 g/mol. The third kappa shape index (κ3) is 3.25. The molecule has 110 valence electrons. The van der Waals surface area contributed by atoms with Crippen molar-refractivity contribution in [2.75, 3.05) is 0 Å². The van der Waals surface area contributed by atoms with Crippen LogP contribution in [0.1, 0.15) is 0 Å². The molecule has 0 fully saturated rings. The lowest BCUT2D eigenvalue weighted by Gasteiger charge is -2.05. The second kappa shape index (κ2) is 5.35. The predicted molar refractivity (Wildman–Crippen MR) is 70.3 cm³/mol. The van der Waals surface area contributed by atoms with E-state index in [2.05, 4.69) is 17.1 Å². The van der Waals surface area contributed by atoms with Gasteiger partial charge < -0.3 is 15.2 Å². The molecule has 0 amide bonds. The molecular weight excluding hydrogens is 287 g/mol. The Morgan fingerprint density at radius 2 is 1.81 bits per heavy atom. The third-order valence-corrected chi connectivity index (χ3v) is 2.77. The topological polar surface area (TPSA) is 73.3 Å². The Labute approximate surface area is 116 Å². The van der Waals surface area contributed by atoms with Gasteiger partial charge in [0.05, 0.1) is 0 Å². The lowest BCUT2D eigenvalue weighted by Crippen LogP contribution is -2.21. The van der Waals surface area contributed by atoms with E-state index in [0.717, 1.165) is 10.9 Å². The van der Waals surface area contributed by atoms with E-state index in [9.17, 15) is 18.3 Å². The maximum Gasteiger partial charge on any atom is 0.490 e. The van der Waals surface area contributed by atoms with Gasteiger partial charge in [-0.15, -0.1) is 0 Å². The summed E-state index contributed by atoms with van der Waals surface area (Å²) in [4.78, 5) is 12.1. The van der Waals surface area contributed by atoms with Crippen LogP contribution in [-0.4, -0.2) is 27.3 Å². The third-order valence-electron chi connectivity index (χ3n) is 2.77. The van der Waals surface area contributed by atoms with Crippen molar-refractivity contribution in [3.8, 4) is 16.9 Å². The van der Waals surface area contributed by atoms with E-state index in [1.165, 1.54) is 11.1 Å². The highest BCUT2D eigenvalue weighted by molar-refractivity contribution is 5.96. The molecule has 0 radical (unpaired) electrons. The number of aromatic amines is 1. The summed E-state index contributed by atoms with van der Waals surface area (Å²) in [7, 11) is 0. The van der Waals surface area contributed by atoms with Crippen molar-refractivity contribution in [3.05, 3.63) is 42.6 Å². The number of rotatable bonds is 0. The fourth-order valence-corrected chi connectivity index (χ4v) is 1.84. The van der Waals surface area contributed by atoms with Crippen LogP contribution in [0.4, 0.5) is 13.2 Å². The van der Waals surface area contributed by atoms with E-state index in [1.54, 1.807) is 12.1 Å². The number of hydrogen-bond acceptors (Lipinski definition) is 2. The predicted octanol–water partition coefficient (Wildman–Crippen LogP) is 3.61. The summed E-state index contributed by atoms with van der Waals surface area (Å²) in [5.74, 6) is -2.45. The number of fused-ring (bicyclic) bond motifs is 3. The second-order valence-corrected chi connectivity index (χ2v) is 4.22. The SMILES string of the molecule is O=C(O)C(F)(F)F.Oc1ccc2[nH]cc3cccc-3c2c1. The number of alkyl halides is 3. The van der Waals surface area contributed by atoms with Crippen molar-refractivity contribution in [2.24, 2.45) is 0 Å². The van der Waals surface area contributed by atoms with Crippen LogP contribution < -0.4 is 0 Å². The second-order valence-electron chi connectivity index (χ2n) is 4.22. The minimum atomic E-state index is -5.08. The summed E-state index contributed by atoms with van der Waals surface area (Å²) in [6.45, 7) is 0. The zero-order chi connectivity index (χ0) is 15.6. The highest BCUT2D eigenvalue weighted by Crippen LogP contribution is 2.31. The van der Waals surface area contributed by atoms with Gasteiger partial charge >= 0.3 is 12.1 Å². The van der Waals surface area contributed by atoms with Crippen LogP contribution in [0.2, 0.25) is 0 Å². The number of nitrogens with one attached hydrogen (secondary N) is 1. The molecule has 3 N–H and O–H groups in total. The van der Waals surface area contributed by atoms with Crippen LogP contribution in [0.15, 0.2) is 42.6 Å². The fraction of sp³-hybridized carbons (Fsp3) is 0.0714. The van der Waals surface area contributed by atoms with E-state index >= 15 is 0 Å². The summed E-state index contributed by atoms with van der Waals surface area (Å²) in [6.07, 6.45) is -3.10. The number of aromatic nitrogens is 1. The van der Waals surface area contributed by atoms with Gasteiger partial charge in [-0.1, -0.05) is 18.2 Å². The molecule has 0 spiro atoms. The van der Waals surface area contributed by atoms with Gasteiger partial charge in [-0.2, -0.15) is 13.2 Å². The first-order valence-corrected chi connectivity index (χ1v) is 5.78. The van der Waals surface area contributed by atoms with Crippen molar-refractivity contribution < 1.29 is 28.2 Å². The van der Waals surface area contributed by atoms with Crippen LogP contribution in [0, 0.1) is 0 Å². The molecule has 1 aromatic rings. The van der Waals surface area contributed by atoms with Gasteiger partial charge in [0.15, 0.2) is 0 Å². The molecule has 1 aliphatic heterocycles. The Kier molecular flexibility index (Phi) is 3.75. The molecule has 4 nitrogen and oxygen atoms in total. The number of carboxylic acids is 1. The van der Waals surface area contributed by atoms with Gasteiger partial charge in [-0.3, -0.25) is 0 Å². The molecule has 1 heterocycles. The van der Waals surface area contributed by atoms with E-state index < -0.39 is 12.1 Å². The molecule has 0 aromatic heterocycles. The first kappa shape index (κ1) is 14.7. The number of benzene rings is 1. The maximum absolute atomic E-state index is 10.6. The molecule has 0 saturated heterocycles. The number of pyridine rings is 1. The van der Waals surface area contributed by atoms with Crippen LogP contribution in [0.3, 0.4) is 0 Å². The molecule has 0 unspecified atom stereocenters. The zero-order valence-corrected chi connectivity index (χ0v) is 10.5. The summed E-state index contributed by atoms with van der Waals surface area (Å²) in [5.41, 5.74) is 3.39. The van der Waals surface area contributed by atoms with Crippen molar-refractivity contribution >= 4 is 16.9 Å². The smallest absolute Gasteiger partial charge is 0.490 e. The maximum atomic E-state index is 10.6. The zero-order valence-electron chi connectivity index (χ0n) is 10.5. The number of phenolic OH excluding ortho intramolecular Hbond substituents is 1. The van der Waals surface area contributed by atoms with Crippen LogP contribution in [0.25, 0.3) is 22.0 Å². The summed E-state index contributed by atoms with van der Waals surface area (Å²) >= 11 is 0. The van der Waals surface area contributed by atoms with E-state index in [0.29, 0.717) is 5.75 Å². The lowest BCUT2D eigenvalue weighted by atomic mass is 10.1. The highest BCUT2D eigenvalue weighted by atomic mass is 19.4. The summed E-state index contributed by atoms with van der Waals surface area (Å²) < 4.78 is 31.7. The number of H-pyrrole nitrogens is 1. The van der Waals surface area contributed by atoms with Crippen LogP contribution in [0.5, 0.6) is 5.75 Å². The van der Waals surface area contributed by atoms with E-state index in [1.807, 2.05) is 18.3 Å². The molecule has 0 saturated carbocycles. The average Bonchev–Trinajstić information content (AvgIpc) is 2.87. The number of phenols is 1. The van der Waals surface area contributed by atoms with E-state index in [4.69, 9.17) is 9.90 Å². The number of aliphatic carboxylic acids is 1. The number of aromatic hydroxyl groups is 1. The average molecular weight is 297 g/mol. The van der Waals surface area contributed by atoms with Crippen molar-refractivity contribution in [1.82, 2.24) is 4.98 Å². The molecule has 2 aliphatic rings. The van der Waals surface area contributed by atoms with Gasteiger partial charge in [-0.25, -0.2) is 4.79 Å². The fourth-order valence-electron chi connectivity index (χ4n) is 1.84. The van der Waals surface area contributed by atoms with Gasteiger partial charge in [0, 0.05) is 17.1 Å². The largest absolute Gasteiger partial charge is 0.508 e. The Morgan fingerprint density at radius 3 is 2.43 bits per heavy atom. The number of halogens is 3. The van der Waals surface area contributed by atoms with Crippen molar-refractivity contribution in [3.63, 3.8) is 0 Å². The molecule has 21 heavy (non-hydrogen) atoms. The Balaban J connectivity index is 0.000000199. The first-order chi connectivity index (χ1) is 9.79. The molecule has 0 atom stereocenters. The molecular formula is C14H10F3NO3. The van der Waals surface area contributed by atoms with Gasteiger partial charge in [-0.05, 0) is 29.3 Å². The normalized spacial score (nSPS) is 11.2. The Hall–Kier alpha value is -2.70. The van der Waals surface area contributed by atoms with E-state index in [-0.39, 0.29) is 0 Å². The number of carbonyl (C=O) groups is 1. The molecule has 1 aliphatic carbocycles. The van der Waals surface area contributed by atoms with Crippen LogP contribution >= 0.6 is 0 Å². The van der Waals surface area contributed by atoms with Gasteiger partial charge in [0.25, 0.3) is 0 Å². The van der Waals surface area contributed by atoms with Crippen molar-refractivity contribution in [2.45, 2.75) is 6.18 Å².